The average molecular weight is 437 g/mol. The Morgan fingerprint density at radius 2 is 2.00 bits per heavy atom. The van der Waals surface area contributed by atoms with Crippen molar-refractivity contribution in [2.45, 2.75) is 37.3 Å². The van der Waals surface area contributed by atoms with Gasteiger partial charge in [-0.25, -0.2) is 4.98 Å². The van der Waals surface area contributed by atoms with Gasteiger partial charge in [0.2, 0.25) is 5.89 Å². The number of rotatable bonds is 7. The van der Waals surface area contributed by atoms with Gasteiger partial charge in [-0.05, 0) is 75.8 Å². The van der Waals surface area contributed by atoms with Crippen LogP contribution >= 0.6 is 11.8 Å². The molecule has 4 rings (SSSR count). The molecule has 0 radical (unpaired) electrons. The van der Waals surface area contributed by atoms with Gasteiger partial charge in [-0.15, -0.1) is 0 Å². The van der Waals surface area contributed by atoms with E-state index in [-0.39, 0.29) is 5.91 Å². The summed E-state index contributed by atoms with van der Waals surface area (Å²) in [5.74, 6) is 2.24. The third kappa shape index (κ3) is 5.74. The van der Waals surface area contributed by atoms with Gasteiger partial charge in [0.1, 0.15) is 5.76 Å². The molecule has 0 bridgehead atoms. The number of hydrogen-bond acceptors (Lipinski definition) is 6. The lowest BCUT2D eigenvalue weighted by molar-refractivity contribution is 0.0951. The normalized spacial score (nSPS) is 15.2. The summed E-state index contributed by atoms with van der Waals surface area (Å²) in [5.41, 5.74) is 3.46. The van der Waals surface area contributed by atoms with E-state index in [0.29, 0.717) is 23.2 Å². The van der Waals surface area contributed by atoms with Crippen molar-refractivity contribution >= 4 is 17.7 Å². The molecule has 1 aliphatic rings. The molecule has 3 heterocycles. The number of pyridine rings is 1. The summed E-state index contributed by atoms with van der Waals surface area (Å²) in [7, 11) is 2.19. The molecule has 0 saturated carbocycles. The monoisotopic (exact) mass is 436 g/mol. The van der Waals surface area contributed by atoms with E-state index in [1.165, 1.54) is 25.9 Å². The fourth-order valence-electron chi connectivity index (χ4n) is 3.59. The van der Waals surface area contributed by atoms with Crippen molar-refractivity contribution in [2.75, 3.05) is 20.1 Å². The van der Waals surface area contributed by atoms with E-state index >= 15 is 0 Å². The molecule has 1 aromatic carbocycles. The molecule has 31 heavy (non-hydrogen) atoms. The van der Waals surface area contributed by atoms with Gasteiger partial charge in [0, 0.05) is 41.1 Å². The molecule has 7 heteroatoms. The highest BCUT2D eigenvalue weighted by Crippen LogP contribution is 2.29. The second kappa shape index (κ2) is 10.1. The molecular weight excluding hydrogens is 408 g/mol. The van der Waals surface area contributed by atoms with E-state index in [4.69, 9.17) is 9.40 Å². The minimum Gasteiger partial charge on any atom is -0.441 e. The summed E-state index contributed by atoms with van der Waals surface area (Å²) in [6, 6.07) is 11.2. The van der Waals surface area contributed by atoms with Crippen LogP contribution in [0.15, 0.2) is 53.2 Å². The predicted octanol–water partition coefficient (Wildman–Crippen LogP) is 4.30. The number of nitrogens with one attached hydrogen (secondary N) is 1. The lowest BCUT2D eigenvalue weighted by atomic mass is 10.1. The highest BCUT2D eigenvalue weighted by molar-refractivity contribution is 7.99. The zero-order valence-electron chi connectivity index (χ0n) is 18.0. The predicted molar refractivity (Wildman–Crippen MR) is 124 cm³/mol. The average Bonchev–Trinajstić information content (AvgIpc) is 3.18. The summed E-state index contributed by atoms with van der Waals surface area (Å²) >= 11 is 1.98. The van der Waals surface area contributed by atoms with Crippen LogP contribution in [0.2, 0.25) is 0 Å². The van der Waals surface area contributed by atoms with Crippen LogP contribution in [0, 0.1) is 6.92 Å². The molecular formula is C24H28N4O2S. The zero-order valence-corrected chi connectivity index (χ0v) is 18.8. The number of carbonyl (C=O) groups excluding carboxylic acids is 1. The minimum absolute atomic E-state index is 0.116. The first-order valence-electron chi connectivity index (χ1n) is 10.6. The molecule has 3 aromatic rings. The highest BCUT2D eigenvalue weighted by Gasteiger charge is 2.19. The van der Waals surface area contributed by atoms with Crippen LogP contribution in [0.4, 0.5) is 0 Å². The number of piperidine rings is 1. The molecule has 1 saturated heterocycles. The van der Waals surface area contributed by atoms with Gasteiger partial charge < -0.3 is 14.6 Å². The van der Waals surface area contributed by atoms with Crippen LogP contribution in [0.1, 0.15) is 40.2 Å². The minimum atomic E-state index is -0.116. The Balaban J connectivity index is 1.34. The Hall–Kier alpha value is -2.64. The van der Waals surface area contributed by atoms with Gasteiger partial charge >= 0.3 is 0 Å². The third-order valence-electron chi connectivity index (χ3n) is 5.58. The van der Waals surface area contributed by atoms with Crippen molar-refractivity contribution in [3.63, 3.8) is 0 Å². The van der Waals surface area contributed by atoms with Gasteiger partial charge in [0.05, 0.1) is 5.69 Å². The largest absolute Gasteiger partial charge is 0.441 e. The van der Waals surface area contributed by atoms with Gasteiger partial charge in [-0.2, -0.15) is 11.8 Å². The number of carbonyl (C=O) groups is 1. The highest BCUT2D eigenvalue weighted by atomic mass is 32.2. The smallest absolute Gasteiger partial charge is 0.251 e. The Bertz CT molecular complexity index is 996. The third-order valence-corrected chi connectivity index (χ3v) is 6.97. The van der Waals surface area contributed by atoms with E-state index in [1.807, 2.05) is 43.0 Å². The van der Waals surface area contributed by atoms with E-state index in [1.54, 1.807) is 24.5 Å². The van der Waals surface area contributed by atoms with Gasteiger partial charge in [-0.3, -0.25) is 9.78 Å². The lowest BCUT2D eigenvalue weighted by Gasteiger charge is -2.28. The van der Waals surface area contributed by atoms with Crippen LogP contribution in [0.25, 0.3) is 11.5 Å². The fraction of sp³-hybridized carbons (Fsp3) is 0.375. The molecule has 0 unspecified atom stereocenters. The fourth-order valence-corrected chi connectivity index (χ4v) is 4.79. The van der Waals surface area contributed by atoms with Gasteiger partial charge in [-0.1, -0.05) is 6.07 Å². The van der Waals surface area contributed by atoms with E-state index in [9.17, 15) is 4.79 Å². The molecule has 0 spiro atoms. The maximum absolute atomic E-state index is 12.4. The number of aryl methyl sites for hydroxylation is 1. The van der Waals surface area contributed by atoms with Crippen LogP contribution in [0.5, 0.6) is 0 Å². The maximum Gasteiger partial charge on any atom is 0.251 e. The van der Waals surface area contributed by atoms with Crippen molar-refractivity contribution in [3.05, 3.63) is 71.4 Å². The van der Waals surface area contributed by atoms with Crippen LogP contribution in [0.3, 0.4) is 0 Å². The Kier molecular flexibility index (Phi) is 7.04. The van der Waals surface area contributed by atoms with Crippen molar-refractivity contribution < 1.29 is 9.21 Å². The van der Waals surface area contributed by atoms with Crippen molar-refractivity contribution in [1.82, 2.24) is 20.2 Å². The van der Waals surface area contributed by atoms with Gasteiger partial charge in [0.25, 0.3) is 5.91 Å². The van der Waals surface area contributed by atoms with Crippen molar-refractivity contribution in [1.29, 1.82) is 0 Å². The second-order valence-electron chi connectivity index (χ2n) is 7.96. The number of amides is 1. The number of hydrogen-bond donors (Lipinski definition) is 1. The summed E-state index contributed by atoms with van der Waals surface area (Å²) in [6.07, 6.45) is 5.93. The number of likely N-dealkylation sites (tertiary alicyclic amines) is 1. The topological polar surface area (TPSA) is 71.3 Å². The standard InChI is InChI=1S/C24H28N4O2S/c1-17-22(16-31-21-9-12-28(2)13-10-21)27-24(30-17)20-7-5-19(6-8-20)23(29)26-15-18-4-3-11-25-14-18/h3-8,11,14,21H,9-10,12-13,15-16H2,1-2H3,(H,26,29). The van der Waals surface area contributed by atoms with Crippen molar-refractivity contribution in [3.8, 4) is 11.5 Å². The summed E-state index contributed by atoms with van der Waals surface area (Å²) in [5, 5.41) is 3.61. The van der Waals surface area contributed by atoms with Crippen molar-refractivity contribution in [2.24, 2.45) is 0 Å². The zero-order chi connectivity index (χ0) is 21.6. The first-order valence-corrected chi connectivity index (χ1v) is 11.7. The van der Waals surface area contributed by atoms with E-state index in [2.05, 4.69) is 22.2 Å². The Morgan fingerprint density at radius 1 is 1.23 bits per heavy atom. The van der Waals surface area contributed by atoms with Gasteiger partial charge in [0.15, 0.2) is 0 Å². The Morgan fingerprint density at radius 3 is 2.71 bits per heavy atom. The lowest BCUT2D eigenvalue weighted by Crippen LogP contribution is -2.31. The van der Waals surface area contributed by atoms with E-state index in [0.717, 1.165) is 28.3 Å². The first kappa shape index (κ1) is 21.6. The summed E-state index contributed by atoms with van der Waals surface area (Å²) < 4.78 is 5.92. The number of thioether (sulfide) groups is 1. The summed E-state index contributed by atoms with van der Waals surface area (Å²) in [6.45, 7) is 4.76. The van der Waals surface area contributed by atoms with Crippen LogP contribution in [-0.4, -0.2) is 46.2 Å². The number of nitrogens with zero attached hydrogens (tertiary/aromatic N) is 3. The first-order chi connectivity index (χ1) is 15.1. The van der Waals surface area contributed by atoms with Crippen LogP contribution in [-0.2, 0) is 12.3 Å². The molecule has 1 fully saturated rings. The summed E-state index contributed by atoms with van der Waals surface area (Å²) in [4.78, 5) is 23.6. The molecule has 162 valence electrons. The molecule has 1 aliphatic heterocycles. The SMILES string of the molecule is Cc1oc(-c2ccc(C(=O)NCc3cccnc3)cc2)nc1CSC1CCN(C)CC1. The molecule has 1 N–H and O–H groups in total. The quantitative estimate of drug-likeness (QED) is 0.595. The molecule has 2 aromatic heterocycles. The number of benzene rings is 1. The molecule has 6 nitrogen and oxygen atoms in total. The molecule has 0 atom stereocenters. The number of oxazole rings is 1. The second-order valence-corrected chi connectivity index (χ2v) is 9.25. The van der Waals surface area contributed by atoms with Crippen LogP contribution < -0.4 is 5.32 Å². The molecule has 0 aliphatic carbocycles. The molecule has 1 amide bonds. The van der Waals surface area contributed by atoms with E-state index < -0.39 is 0 Å². The Labute approximate surface area is 187 Å². The number of aromatic nitrogens is 2. The maximum atomic E-state index is 12.4.